The molecular weight excluding hydrogens is 410 g/mol. The van der Waals surface area contributed by atoms with Crippen molar-refractivity contribution in [3.63, 3.8) is 0 Å². The van der Waals surface area contributed by atoms with Crippen LogP contribution < -0.4 is 15.5 Å². The molecule has 3 heterocycles. The maximum absolute atomic E-state index is 12.6. The number of aryl methyl sites for hydroxylation is 2. The summed E-state index contributed by atoms with van der Waals surface area (Å²) in [7, 11) is 0. The van der Waals surface area contributed by atoms with E-state index >= 15 is 0 Å². The predicted molar refractivity (Wildman–Crippen MR) is 125 cm³/mol. The fraction of sp³-hybridized carbons (Fsp3) is 0.522. The number of benzene rings is 1. The minimum absolute atomic E-state index is 0.0137. The van der Waals surface area contributed by atoms with Gasteiger partial charge in [0.2, 0.25) is 5.91 Å². The zero-order valence-corrected chi connectivity index (χ0v) is 19.1. The molecule has 8 heteroatoms. The van der Waals surface area contributed by atoms with E-state index in [0.717, 1.165) is 56.0 Å². The third-order valence-electron chi connectivity index (χ3n) is 6.20. The molecule has 31 heavy (non-hydrogen) atoms. The summed E-state index contributed by atoms with van der Waals surface area (Å²) in [5, 5.41) is 6.18. The Kier molecular flexibility index (Phi) is 6.87. The van der Waals surface area contributed by atoms with Crippen molar-refractivity contribution in [3.8, 4) is 0 Å². The third kappa shape index (κ3) is 5.43. The van der Waals surface area contributed by atoms with Gasteiger partial charge in [0, 0.05) is 43.6 Å². The molecule has 2 saturated heterocycles. The molecule has 4 rings (SSSR count). The molecule has 2 fully saturated rings. The number of anilines is 2. The van der Waals surface area contributed by atoms with Crippen LogP contribution in [0.25, 0.3) is 0 Å². The predicted octanol–water partition coefficient (Wildman–Crippen LogP) is 3.19. The molecule has 2 aromatic rings. The average Bonchev–Trinajstić information content (AvgIpc) is 3.43. The molecule has 0 radical (unpaired) electrons. The Morgan fingerprint density at radius 1 is 1.13 bits per heavy atom. The smallest absolute Gasteiger partial charge is 0.263 e. The van der Waals surface area contributed by atoms with E-state index in [-0.39, 0.29) is 17.9 Å². The highest BCUT2D eigenvalue weighted by Gasteiger charge is 2.24. The van der Waals surface area contributed by atoms with E-state index in [4.69, 9.17) is 0 Å². The molecule has 0 unspecified atom stereocenters. The highest BCUT2D eigenvalue weighted by Crippen LogP contribution is 2.25. The number of hydrogen-bond acceptors (Lipinski definition) is 6. The molecule has 0 bridgehead atoms. The van der Waals surface area contributed by atoms with Crippen molar-refractivity contribution in [1.82, 2.24) is 15.2 Å². The lowest BCUT2D eigenvalue weighted by Gasteiger charge is -2.31. The minimum Gasteiger partial charge on any atom is -0.372 e. The molecule has 0 aliphatic carbocycles. The van der Waals surface area contributed by atoms with E-state index in [2.05, 4.69) is 37.6 Å². The topological polar surface area (TPSA) is 77.6 Å². The van der Waals surface area contributed by atoms with Gasteiger partial charge in [-0.15, -0.1) is 11.3 Å². The van der Waals surface area contributed by atoms with Gasteiger partial charge in [0.25, 0.3) is 5.91 Å². The van der Waals surface area contributed by atoms with E-state index in [0.29, 0.717) is 11.4 Å². The number of likely N-dealkylation sites (tertiary alicyclic amines) is 1. The Morgan fingerprint density at radius 2 is 1.87 bits per heavy atom. The Balaban J connectivity index is 1.23. The van der Waals surface area contributed by atoms with Crippen molar-refractivity contribution in [2.24, 2.45) is 0 Å². The lowest BCUT2D eigenvalue weighted by molar-refractivity contribution is -0.117. The average molecular weight is 442 g/mol. The van der Waals surface area contributed by atoms with Crippen LogP contribution in [0.2, 0.25) is 0 Å². The van der Waals surface area contributed by atoms with Crippen molar-refractivity contribution in [2.75, 3.05) is 42.9 Å². The van der Waals surface area contributed by atoms with Crippen LogP contribution in [0.3, 0.4) is 0 Å². The van der Waals surface area contributed by atoms with Gasteiger partial charge in [0.15, 0.2) is 0 Å². The molecular formula is C23H31N5O2S. The molecule has 1 aromatic carbocycles. The van der Waals surface area contributed by atoms with Gasteiger partial charge in [-0.05, 0) is 63.3 Å². The monoisotopic (exact) mass is 441 g/mol. The largest absolute Gasteiger partial charge is 0.372 e. The zero-order chi connectivity index (χ0) is 21.8. The lowest BCUT2D eigenvalue weighted by Crippen LogP contribution is -2.46. The van der Waals surface area contributed by atoms with Crippen LogP contribution in [0.1, 0.15) is 46.6 Å². The molecule has 0 saturated carbocycles. The second-order valence-corrected chi connectivity index (χ2v) is 9.39. The number of carbonyl (C=O) groups is 2. The maximum Gasteiger partial charge on any atom is 0.263 e. The number of rotatable bonds is 6. The van der Waals surface area contributed by atoms with E-state index in [1.165, 1.54) is 29.9 Å². The lowest BCUT2D eigenvalue weighted by atomic mass is 10.0. The molecule has 2 amide bonds. The number of carbonyl (C=O) groups excluding carboxylic acids is 2. The van der Waals surface area contributed by atoms with Crippen molar-refractivity contribution in [3.05, 3.63) is 39.8 Å². The van der Waals surface area contributed by atoms with Gasteiger partial charge in [-0.25, -0.2) is 4.98 Å². The summed E-state index contributed by atoms with van der Waals surface area (Å²) in [5.74, 6) is -0.0242. The van der Waals surface area contributed by atoms with Crippen molar-refractivity contribution in [2.45, 2.75) is 45.6 Å². The summed E-state index contributed by atoms with van der Waals surface area (Å²) in [6, 6.07) is 6.44. The highest BCUT2D eigenvalue weighted by atomic mass is 32.1. The first-order valence-corrected chi connectivity index (χ1v) is 12.0. The van der Waals surface area contributed by atoms with E-state index in [1.54, 1.807) is 5.51 Å². The van der Waals surface area contributed by atoms with E-state index < -0.39 is 0 Å². The number of aromatic nitrogens is 1. The van der Waals surface area contributed by atoms with Crippen LogP contribution in [0.5, 0.6) is 0 Å². The highest BCUT2D eigenvalue weighted by molar-refractivity contribution is 7.11. The van der Waals surface area contributed by atoms with Gasteiger partial charge < -0.3 is 15.5 Å². The molecule has 2 N–H and O–H groups in total. The number of nitrogens with zero attached hydrogens (tertiary/aromatic N) is 3. The summed E-state index contributed by atoms with van der Waals surface area (Å²) >= 11 is 1.38. The van der Waals surface area contributed by atoms with Gasteiger partial charge in [-0.2, -0.15) is 0 Å². The van der Waals surface area contributed by atoms with Crippen LogP contribution in [-0.2, 0) is 4.79 Å². The third-order valence-corrected chi connectivity index (χ3v) is 7.12. The molecule has 2 aliphatic rings. The van der Waals surface area contributed by atoms with Gasteiger partial charge in [0.05, 0.1) is 17.7 Å². The molecule has 166 valence electrons. The summed E-state index contributed by atoms with van der Waals surface area (Å²) in [6.07, 6.45) is 4.20. The fourth-order valence-corrected chi connectivity index (χ4v) is 5.06. The van der Waals surface area contributed by atoms with Gasteiger partial charge in [-0.1, -0.05) is 0 Å². The van der Waals surface area contributed by atoms with E-state index in [9.17, 15) is 9.59 Å². The number of hydrogen-bond donors (Lipinski definition) is 2. The van der Waals surface area contributed by atoms with Gasteiger partial charge in [-0.3, -0.25) is 14.5 Å². The summed E-state index contributed by atoms with van der Waals surface area (Å²) < 4.78 is 0. The first kappa shape index (κ1) is 21.8. The number of piperidine rings is 1. The van der Waals surface area contributed by atoms with E-state index in [1.807, 2.05) is 19.9 Å². The molecule has 1 aromatic heterocycles. The SMILES string of the molecule is Cc1cc(N2CCCC2)ccc1NC(=O)CN1CCC(NC(=O)c2scnc2C)CC1. The van der Waals surface area contributed by atoms with Crippen LogP contribution in [0, 0.1) is 13.8 Å². The van der Waals surface area contributed by atoms with Crippen LogP contribution in [0.4, 0.5) is 11.4 Å². The summed E-state index contributed by atoms with van der Waals surface area (Å²) in [4.78, 5) is 34.4. The van der Waals surface area contributed by atoms with Gasteiger partial charge >= 0.3 is 0 Å². The summed E-state index contributed by atoms with van der Waals surface area (Å²) in [6.45, 7) is 8.11. The number of thiazole rings is 1. The quantitative estimate of drug-likeness (QED) is 0.720. The first-order valence-electron chi connectivity index (χ1n) is 11.1. The first-order chi connectivity index (χ1) is 15.0. The van der Waals surface area contributed by atoms with Crippen molar-refractivity contribution in [1.29, 1.82) is 0 Å². The standard InChI is InChI=1S/C23H31N5O2S/c1-16-13-19(28-9-3-4-10-28)5-6-20(16)26-21(29)14-27-11-7-18(8-12-27)25-23(30)22-17(2)24-15-31-22/h5-6,13,15,18H,3-4,7-12,14H2,1-2H3,(H,25,30)(H,26,29). The van der Waals surface area contributed by atoms with Crippen molar-refractivity contribution < 1.29 is 9.59 Å². The second-order valence-electron chi connectivity index (χ2n) is 8.53. The van der Waals surface area contributed by atoms with Crippen LogP contribution in [0.15, 0.2) is 23.7 Å². The molecule has 0 spiro atoms. The number of nitrogens with one attached hydrogen (secondary N) is 2. The zero-order valence-electron chi connectivity index (χ0n) is 18.3. The Bertz CT molecular complexity index is 930. The number of amides is 2. The second kappa shape index (κ2) is 9.78. The summed E-state index contributed by atoms with van der Waals surface area (Å²) in [5.41, 5.74) is 5.70. The normalized spacial score (nSPS) is 17.7. The Hall–Kier alpha value is -2.45. The van der Waals surface area contributed by atoms with Gasteiger partial charge in [0.1, 0.15) is 4.88 Å². The van der Waals surface area contributed by atoms with Crippen LogP contribution in [-0.4, -0.2) is 60.5 Å². The van der Waals surface area contributed by atoms with Crippen molar-refractivity contribution >= 4 is 34.5 Å². The Morgan fingerprint density at radius 3 is 2.52 bits per heavy atom. The molecule has 7 nitrogen and oxygen atoms in total. The Labute approximate surface area is 187 Å². The van der Waals surface area contributed by atoms with Crippen LogP contribution >= 0.6 is 11.3 Å². The fourth-order valence-electron chi connectivity index (χ4n) is 4.36. The molecule has 2 aliphatic heterocycles. The molecule has 0 atom stereocenters. The maximum atomic E-state index is 12.6. The minimum atomic E-state index is -0.0379.